The molecule has 0 unspecified atom stereocenters. The van der Waals surface area contributed by atoms with Gasteiger partial charge in [-0.1, -0.05) is 20.3 Å². The summed E-state index contributed by atoms with van der Waals surface area (Å²) in [5.41, 5.74) is -0.618. The summed E-state index contributed by atoms with van der Waals surface area (Å²) in [5.74, 6) is 1.25. The quantitative estimate of drug-likeness (QED) is 0.388. The highest BCUT2D eigenvalue weighted by molar-refractivity contribution is 7.99. The van der Waals surface area contributed by atoms with Crippen LogP contribution in [0.25, 0.3) is 11.3 Å². The highest BCUT2D eigenvalue weighted by atomic mass is 32.2. The molecule has 2 rings (SSSR count). The zero-order chi connectivity index (χ0) is 19.9. The standard InChI is InChI=1S/C20H21F3N2OS/c1-3-5-10-26-15-8-6-14(7-9-15)18-12-17(20(21,22)23)16(13-24)19(25-18)27-11-4-2/h6-9,12H,3-5,10-11H2,1-2H3. The van der Waals surface area contributed by atoms with E-state index in [1.165, 1.54) is 11.8 Å². The summed E-state index contributed by atoms with van der Waals surface area (Å²) in [6.07, 6.45) is -1.89. The van der Waals surface area contributed by atoms with Crippen molar-refractivity contribution in [1.29, 1.82) is 5.26 Å². The zero-order valence-corrected chi connectivity index (χ0v) is 16.1. The summed E-state index contributed by atoms with van der Waals surface area (Å²) in [4.78, 5) is 4.33. The molecule has 1 heterocycles. The van der Waals surface area contributed by atoms with Crippen molar-refractivity contribution in [1.82, 2.24) is 4.98 Å². The molecule has 0 fully saturated rings. The van der Waals surface area contributed by atoms with Gasteiger partial charge in [-0.25, -0.2) is 4.98 Å². The number of nitrogens with zero attached hydrogens (tertiary/aromatic N) is 2. The van der Waals surface area contributed by atoms with Crippen molar-refractivity contribution in [3.8, 4) is 23.1 Å². The van der Waals surface area contributed by atoms with Gasteiger partial charge in [0.25, 0.3) is 0 Å². The van der Waals surface area contributed by atoms with Crippen LogP contribution in [0, 0.1) is 11.3 Å². The summed E-state index contributed by atoms with van der Waals surface area (Å²) in [7, 11) is 0. The molecular formula is C20H21F3N2OS. The van der Waals surface area contributed by atoms with Gasteiger partial charge in [-0.3, -0.25) is 0 Å². The minimum Gasteiger partial charge on any atom is -0.494 e. The monoisotopic (exact) mass is 394 g/mol. The molecule has 1 aromatic heterocycles. The van der Waals surface area contributed by atoms with E-state index in [4.69, 9.17) is 4.74 Å². The van der Waals surface area contributed by atoms with Gasteiger partial charge in [-0.2, -0.15) is 18.4 Å². The molecule has 0 atom stereocenters. The van der Waals surface area contributed by atoms with Gasteiger partial charge < -0.3 is 4.74 Å². The molecule has 0 N–H and O–H groups in total. The third-order valence-corrected chi connectivity index (χ3v) is 4.94. The Morgan fingerprint density at radius 2 is 1.85 bits per heavy atom. The van der Waals surface area contributed by atoms with Crippen molar-refractivity contribution in [3.05, 3.63) is 41.5 Å². The van der Waals surface area contributed by atoms with Crippen LogP contribution in [-0.2, 0) is 6.18 Å². The topological polar surface area (TPSA) is 45.9 Å². The molecule has 0 spiro atoms. The normalized spacial score (nSPS) is 11.3. The maximum absolute atomic E-state index is 13.5. The first kappa shape index (κ1) is 21.1. The highest BCUT2D eigenvalue weighted by Crippen LogP contribution is 2.38. The lowest BCUT2D eigenvalue weighted by Crippen LogP contribution is -2.10. The number of hydrogen-bond acceptors (Lipinski definition) is 4. The number of alkyl halides is 3. The number of ether oxygens (including phenoxy) is 1. The van der Waals surface area contributed by atoms with Gasteiger partial charge >= 0.3 is 6.18 Å². The highest BCUT2D eigenvalue weighted by Gasteiger charge is 2.36. The lowest BCUT2D eigenvalue weighted by atomic mass is 10.1. The smallest absolute Gasteiger partial charge is 0.417 e. The summed E-state index contributed by atoms with van der Waals surface area (Å²) in [6, 6.07) is 9.43. The number of halogens is 3. The largest absolute Gasteiger partial charge is 0.494 e. The molecule has 144 valence electrons. The third-order valence-electron chi connectivity index (χ3n) is 3.76. The number of thioether (sulfide) groups is 1. The van der Waals surface area contributed by atoms with E-state index in [1.807, 2.05) is 6.92 Å². The van der Waals surface area contributed by atoms with E-state index in [-0.39, 0.29) is 10.7 Å². The van der Waals surface area contributed by atoms with Crippen LogP contribution < -0.4 is 4.74 Å². The molecule has 2 aromatic rings. The van der Waals surface area contributed by atoms with Crippen LogP contribution in [0.15, 0.2) is 35.4 Å². The lowest BCUT2D eigenvalue weighted by molar-refractivity contribution is -0.138. The van der Waals surface area contributed by atoms with Crippen molar-refractivity contribution in [3.63, 3.8) is 0 Å². The Hall–Kier alpha value is -2.20. The fraction of sp³-hybridized carbons (Fsp3) is 0.400. The molecule has 7 heteroatoms. The number of pyridine rings is 1. The second-order valence-corrected chi connectivity index (χ2v) is 7.00. The Balaban J connectivity index is 2.42. The van der Waals surface area contributed by atoms with Crippen LogP contribution >= 0.6 is 11.8 Å². The molecule has 0 aliphatic carbocycles. The van der Waals surface area contributed by atoms with Crippen molar-refractivity contribution in [2.45, 2.75) is 44.3 Å². The molecule has 1 aromatic carbocycles. The van der Waals surface area contributed by atoms with Gasteiger partial charge in [0.05, 0.1) is 23.4 Å². The first-order valence-electron chi connectivity index (χ1n) is 8.79. The van der Waals surface area contributed by atoms with Crippen molar-refractivity contribution >= 4 is 11.8 Å². The van der Waals surface area contributed by atoms with Gasteiger partial charge in [0.2, 0.25) is 0 Å². The Labute approximate surface area is 161 Å². The van der Waals surface area contributed by atoms with Crippen LogP contribution in [0.3, 0.4) is 0 Å². The van der Waals surface area contributed by atoms with Crippen LogP contribution in [0.5, 0.6) is 5.75 Å². The fourth-order valence-corrected chi connectivity index (χ4v) is 3.22. The van der Waals surface area contributed by atoms with Crippen LogP contribution in [0.1, 0.15) is 44.2 Å². The molecule has 0 aliphatic heterocycles. The van der Waals surface area contributed by atoms with Crippen LogP contribution in [-0.4, -0.2) is 17.3 Å². The Morgan fingerprint density at radius 3 is 2.41 bits per heavy atom. The van der Waals surface area contributed by atoms with Gasteiger partial charge in [-0.05, 0) is 48.9 Å². The fourth-order valence-electron chi connectivity index (χ4n) is 2.36. The molecule has 3 nitrogen and oxygen atoms in total. The number of nitriles is 1. The van der Waals surface area contributed by atoms with Gasteiger partial charge in [0.15, 0.2) is 0 Å². The predicted octanol–water partition coefficient (Wildman–Crippen LogP) is 6.32. The Morgan fingerprint density at radius 1 is 1.15 bits per heavy atom. The first-order valence-corrected chi connectivity index (χ1v) is 9.77. The van der Waals surface area contributed by atoms with Crippen LogP contribution in [0.4, 0.5) is 13.2 Å². The maximum atomic E-state index is 13.5. The molecule has 0 bridgehead atoms. The van der Waals surface area contributed by atoms with Crippen molar-refractivity contribution in [2.24, 2.45) is 0 Å². The second-order valence-electron chi connectivity index (χ2n) is 5.92. The van der Waals surface area contributed by atoms with E-state index >= 15 is 0 Å². The van der Waals surface area contributed by atoms with Crippen molar-refractivity contribution < 1.29 is 17.9 Å². The molecule has 0 amide bonds. The molecule has 0 saturated carbocycles. The number of rotatable bonds is 8. The Bertz CT molecular complexity index is 799. The van der Waals surface area contributed by atoms with E-state index in [1.54, 1.807) is 30.3 Å². The van der Waals surface area contributed by atoms with Gasteiger partial charge in [-0.15, -0.1) is 11.8 Å². The first-order chi connectivity index (χ1) is 12.9. The summed E-state index contributed by atoms with van der Waals surface area (Å²) in [5, 5.41) is 9.36. The molecule has 0 radical (unpaired) electrons. The van der Waals surface area contributed by atoms with E-state index < -0.39 is 17.3 Å². The van der Waals surface area contributed by atoms with E-state index in [9.17, 15) is 18.4 Å². The second kappa shape index (κ2) is 9.65. The molecule has 0 aliphatic rings. The number of benzene rings is 1. The van der Waals surface area contributed by atoms with Gasteiger partial charge in [0, 0.05) is 5.56 Å². The summed E-state index contributed by atoms with van der Waals surface area (Å²) < 4.78 is 46.0. The Kier molecular flexibility index (Phi) is 7.55. The third kappa shape index (κ3) is 5.64. The minimum atomic E-state index is -4.62. The molecule has 27 heavy (non-hydrogen) atoms. The zero-order valence-electron chi connectivity index (χ0n) is 15.3. The number of unbranched alkanes of at least 4 members (excludes halogenated alkanes) is 1. The average molecular weight is 394 g/mol. The van der Waals surface area contributed by atoms with E-state index in [2.05, 4.69) is 11.9 Å². The average Bonchev–Trinajstić information content (AvgIpc) is 2.65. The molecular weight excluding hydrogens is 373 g/mol. The van der Waals surface area contributed by atoms with Crippen molar-refractivity contribution in [2.75, 3.05) is 12.4 Å². The lowest BCUT2D eigenvalue weighted by Gasteiger charge is -2.14. The number of hydrogen-bond donors (Lipinski definition) is 0. The summed E-state index contributed by atoms with van der Waals surface area (Å²) >= 11 is 1.17. The van der Waals surface area contributed by atoms with E-state index in [0.29, 0.717) is 23.7 Å². The van der Waals surface area contributed by atoms with Crippen LogP contribution in [0.2, 0.25) is 0 Å². The minimum absolute atomic E-state index is 0.118. The maximum Gasteiger partial charge on any atom is 0.417 e. The summed E-state index contributed by atoms with van der Waals surface area (Å²) in [6.45, 7) is 4.58. The molecule has 0 saturated heterocycles. The van der Waals surface area contributed by atoms with E-state index in [0.717, 1.165) is 25.3 Å². The SMILES string of the molecule is CCCCOc1ccc(-c2cc(C(F)(F)F)c(C#N)c(SCCC)n2)cc1. The number of aromatic nitrogens is 1. The predicted molar refractivity (Wildman–Crippen MR) is 101 cm³/mol. The van der Waals surface area contributed by atoms with Gasteiger partial charge in [0.1, 0.15) is 16.8 Å².